The fraction of sp³-hybridized carbons (Fsp3) is 0.394. The first-order valence-corrected chi connectivity index (χ1v) is 14.6. The van der Waals surface area contributed by atoms with Crippen LogP contribution >= 0.6 is 0 Å². The molecule has 1 aromatic heterocycles. The number of pyridine rings is 1. The molecule has 2 heterocycles. The number of halogens is 2. The summed E-state index contributed by atoms with van der Waals surface area (Å²) in [5, 5.41) is 5.32. The molecule has 1 aliphatic heterocycles. The van der Waals surface area contributed by atoms with Crippen molar-refractivity contribution >= 4 is 17.7 Å². The van der Waals surface area contributed by atoms with Gasteiger partial charge in [-0.2, -0.15) is 0 Å². The van der Waals surface area contributed by atoms with Gasteiger partial charge in [0.15, 0.2) is 0 Å². The lowest BCUT2D eigenvalue weighted by molar-refractivity contribution is -0.129. The van der Waals surface area contributed by atoms with Gasteiger partial charge in [0.25, 0.3) is 11.8 Å². The van der Waals surface area contributed by atoms with Gasteiger partial charge in [-0.1, -0.05) is 62.4 Å². The minimum absolute atomic E-state index is 0.128. The summed E-state index contributed by atoms with van der Waals surface area (Å²) in [6.45, 7) is 5.06. The Morgan fingerprint density at radius 1 is 0.976 bits per heavy atom. The predicted molar refractivity (Wildman–Crippen MR) is 158 cm³/mol. The second kappa shape index (κ2) is 13.2. The highest BCUT2D eigenvalue weighted by molar-refractivity contribution is 6.00. The van der Waals surface area contributed by atoms with E-state index in [9.17, 15) is 23.2 Å². The molecule has 0 radical (unpaired) electrons. The Morgan fingerprint density at radius 3 is 2.17 bits per heavy atom. The molecule has 1 saturated heterocycles. The third-order valence-electron chi connectivity index (χ3n) is 7.79. The Morgan fingerprint density at radius 2 is 1.57 bits per heavy atom. The molecule has 1 aliphatic carbocycles. The summed E-state index contributed by atoms with van der Waals surface area (Å²) in [7, 11) is 0. The highest BCUT2D eigenvalue weighted by Gasteiger charge is 2.48. The van der Waals surface area contributed by atoms with Gasteiger partial charge in [0.05, 0.1) is 6.54 Å². The smallest absolute Gasteiger partial charge is 0.262 e. The molecule has 1 atom stereocenters. The van der Waals surface area contributed by atoms with Gasteiger partial charge in [-0.15, -0.1) is 0 Å². The first-order valence-electron chi connectivity index (χ1n) is 14.6. The summed E-state index contributed by atoms with van der Waals surface area (Å²) < 4.78 is 27.5. The zero-order chi connectivity index (χ0) is 30.3. The Balaban J connectivity index is 0.00000198. The third kappa shape index (κ3) is 6.35. The Labute approximate surface area is 245 Å². The number of unbranched alkanes of at least 4 members (excludes halogenated alkanes) is 1. The highest BCUT2D eigenvalue weighted by Crippen LogP contribution is 2.51. The number of aromatic nitrogens is 1. The average molecular weight is 577 g/mol. The van der Waals surface area contributed by atoms with Crippen LogP contribution in [0.5, 0.6) is 0 Å². The van der Waals surface area contributed by atoms with Crippen molar-refractivity contribution in [3.8, 4) is 11.1 Å². The van der Waals surface area contributed by atoms with Crippen LogP contribution in [-0.2, 0) is 15.0 Å². The van der Waals surface area contributed by atoms with Gasteiger partial charge < -0.3 is 15.5 Å². The molecule has 5 rings (SSSR count). The molecule has 0 saturated carbocycles. The molecule has 3 amide bonds. The molecule has 0 bridgehead atoms. The van der Waals surface area contributed by atoms with Crippen molar-refractivity contribution in [3.63, 3.8) is 0 Å². The van der Waals surface area contributed by atoms with Gasteiger partial charge in [0.1, 0.15) is 11.5 Å². The molecule has 42 heavy (non-hydrogen) atoms. The van der Waals surface area contributed by atoms with Crippen LogP contribution in [0.2, 0.25) is 0 Å². The van der Waals surface area contributed by atoms with E-state index in [4.69, 9.17) is 0 Å². The summed E-state index contributed by atoms with van der Waals surface area (Å²) in [6.07, 6.45) is 5.20. The molecular formula is C33H38F2N4O3. The van der Waals surface area contributed by atoms with Crippen LogP contribution in [0.1, 0.15) is 67.9 Å². The molecule has 1 fully saturated rings. The van der Waals surface area contributed by atoms with Crippen molar-refractivity contribution in [1.29, 1.82) is 0 Å². The van der Waals surface area contributed by atoms with Crippen LogP contribution < -0.4 is 10.6 Å². The Hall–Kier alpha value is -4.14. The van der Waals surface area contributed by atoms with Crippen LogP contribution in [-0.4, -0.2) is 59.2 Å². The second-order valence-electron chi connectivity index (χ2n) is 10.6. The lowest BCUT2D eigenvalue weighted by Gasteiger charge is -2.31. The number of nitrogens with one attached hydrogen (secondary N) is 2. The average Bonchev–Trinajstić information content (AvgIpc) is 3.50. The molecule has 7 nitrogen and oxygen atoms in total. The maximum absolute atomic E-state index is 13.8. The van der Waals surface area contributed by atoms with E-state index < -0.39 is 29.8 Å². The van der Waals surface area contributed by atoms with Crippen LogP contribution in [0, 0.1) is 0 Å². The van der Waals surface area contributed by atoms with Crippen LogP contribution in [0.25, 0.3) is 11.1 Å². The van der Waals surface area contributed by atoms with Gasteiger partial charge in [-0.25, -0.2) is 8.78 Å². The molecule has 2 N–H and O–H groups in total. The van der Waals surface area contributed by atoms with Crippen LogP contribution in [0.4, 0.5) is 8.78 Å². The molecule has 9 heteroatoms. The second-order valence-corrected chi connectivity index (χ2v) is 10.6. The van der Waals surface area contributed by atoms with E-state index in [2.05, 4.69) is 15.6 Å². The first kappa shape index (κ1) is 30.8. The Bertz CT molecular complexity index is 1360. The number of fused-ring (bicyclic) bond motifs is 3. The number of carbonyl (C=O) groups is 3. The number of rotatable bonds is 10. The first-order chi connectivity index (χ1) is 20.2. The fourth-order valence-electron chi connectivity index (χ4n) is 5.87. The Kier molecular flexibility index (Phi) is 9.70. The number of carbonyl (C=O) groups excluding carboxylic acids is 3. The van der Waals surface area contributed by atoms with Crippen molar-refractivity contribution in [2.45, 2.75) is 63.8 Å². The predicted octanol–water partition coefficient (Wildman–Crippen LogP) is 5.35. The fourth-order valence-corrected chi connectivity index (χ4v) is 5.87. The van der Waals surface area contributed by atoms with Crippen molar-refractivity contribution in [3.05, 3.63) is 89.7 Å². The summed E-state index contributed by atoms with van der Waals surface area (Å²) >= 11 is 0. The number of hydrogen-bond acceptors (Lipinski definition) is 4. The van der Waals surface area contributed by atoms with Crippen LogP contribution in [0.15, 0.2) is 73.1 Å². The zero-order valence-corrected chi connectivity index (χ0v) is 24.3. The van der Waals surface area contributed by atoms with Crippen molar-refractivity contribution in [2.24, 2.45) is 0 Å². The maximum atomic E-state index is 13.8. The van der Waals surface area contributed by atoms with Gasteiger partial charge in [-0.05, 0) is 60.1 Å². The molecule has 1 unspecified atom stereocenters. The molecule has 2 aromatic carbocycles. The quantitative estimate of drug-likeness (QED) is 0.319. The van der Waals surface area contributed by atoms with E-state index >= 15 is 0 Å². The van der Waals surface area contributed by atoms with Crippen molar-refractivity contribution < 1.29 is 23.2 Å². The lowest BCUT2D eigenvalue weighted by Crippen LogP contribution is -2.47. The number of amides is 3. The number of hydrogen-bond donors (Lipinski definition) is 2. The molecule has 2 aliphatic rings. The van der Waals surface area contributed by atoms with E-state index in [0.29, 0.717) is 44.3 Å². The lowest BCUT2D eigenvalue weighted by atomic mass is 9.73. The normalized spacial score (nSPS) is 16.6. The summed E-state index contributed by atoms with van der Waals surface area (Å²) in [5.41, 5.74) is 2.82. The molecule has 0 spiro atoms. The zero-order valence-electron chi connectivity index (χ0n) is 24.3. The van der Waals surface area contributed by atoms with Gasteiger partial charge in [-0.3, -0.25) is 19.4 Å². The monoisotopic (exact) mass is 576 g/mol. The van der Waals surface area contributed by atoms with E-state index in [0.717, 1.165) is 29.2 Å². The molecule has 222 valence electrons. The number of likely N-dealkylation sites (tertiary alicyclic amines) is 1. The van der Waals surface area contributed by atoms with Gasteiger partial charge >= 0.3 is 0 Å². The van der Waals surface area contributed by atoms with Crippen molar-refractivity contribution in [2.75, 3.05) is 19.6 Å². The number of alkyl halides is 2. The SMILES string of the molecule is CC.CC(F)(F)CNC(=O)C1(CCCCN2CCC(NC(=O)c3ccncc3)C2=O)c2ccccc2-c2ccccc21. The van der Waals surface area contributed by atoms with Crippen molar-refractivity contribution in [1.82, 2.24) is 20.5 Å². The van der Waals surface area contributed by atoms with E-state index in [1.54, 1.807) is 17.0 Å². The third-order valence-corrected chi connectivity index (χ3v) is 7.79. The molecular weight excluding hydrogens is 538 g/mol. The summed E-state index contributed by atoms with van der Waals surface area (Å²) in [6, 6.07) is 17.9. The molecule has 3 aromatic rings. The van der Waals surface area contributed by atoms with Gasteiger partial charge in [0, 0.05) is 38.0 Å². The highest BCUT2D eigenvalue weighted by atomic mass is 19.3. The minimum Gasteiger partial charge on any atom is -0.349 e. The standard InChI is InChI=1S/C31H32F2N4O3.C2H6/c1-30(32,33)20-35-29(40)31(24-10-4-2-8-22(24)23-9-3-5-11-25(23)31)15-6-7-18-37-19-14-26(28(37)39)36-27(38)21-12-16-34-17-13-21;1-2/h2-5,8-13,16-17,26H,6-7,14-15,18-20H2,1H3,(H,35,40)(H,36,38);1-2H3. The maximum Gasteiger partial charge on any atom is 0.262 e. The van der Waals surface area contributed by atoms with E-state index in [-0.39, 0.29) is 11.8 Å². The van der Waals surface area contributed by atoms with E-state index in [1.807, 2.05) is 62.4 Å². The van der Waals surface area contributed by atoms with Crippen LogP contribution in [0.3, 0.4) is 0 Å². The number of nitrogens with zero attached hydrogens (tertiary/aromatic N) is 2. The minimum atomic E-state index is -3.03. The van der Waals surface area contributed by atoms with E-state index in [1.165, 1.54) is 12.4 Å². The number of benzene rings is 2. The summed E-state index contributed by atoms with van der Waals surface area (Å²) in [5.74, 6) is -3.92. The summed E-state index contributed by atoms with van der Waals surface area (Å²) in [4.78, 5) is 44.8. The van der Waals surface area contributed by atoms with Gasteiger partial charge in [0.2, 0.25) is 11.8 Å². The topological polar surface area (TPSA) is 91.4 Å². The largest absolute Gasteiger partial charge is 0.349 e.